The fraction of sp³-hybridized carbons (Fsp3) is 0.923. The zero-order valence-electron chi connectivity index (χ0n) is 11.3. The maximum atomic E-state index is 11.7. The predicted octanol–water partition coefficient (Wildman–Crippen LogP) is 2.35. The second-order valence-electron chi connectivity index (χ2n) is 5.16. The molecule has 2 N–H and O–H groups in total. The number of hydrogen-bond acceptors (Lipinski definition) is 2. The second kappa shape index (κ2) is 8.76. The normalized spacial score (nSPS) is 23.4. The van der Waals surface area contributed by atoms with Gasteiger partial charge in [0.25, 0.3) is 0 Å². The van der Waals surface area contributed by atoms with E-state index in [1.165, 1.54) is 12.8 Å². The fourth-order valence-electron chi connectivity index (χ4n) is 2.26. The van der Waals surface area contributed by atoms with Crippen LogP contribution in [-0.4, -0.2) is 25.0 Å². The summed E-state index contributed by atoms with van der Waals surface area (Å²) in [6.45, 7) is 8.58. The molecule has 17 heavy (non-hydrogen) atoms. The molecule has 3 atom stereocenters. The number of nitrogens with one attached hydrogen (secondary N) is 2. The van der Waals surface area contributed by atoms with Crippen LogP contribution in [0.5, 0.6) is 0 Å². The van der Waals surface area contributed by atoms with Crippen molar-refractivity contribution in [3.8, 4) is 0 Å². The van der Waals surface area contributed by atoms with Crippen molar-refractivity contribution in [2.45, 2.75) is 52.5 Å². The third-order valence-corrected chi connectivity index (χ3v) is 3.67. The first-order valence-electron chi connectivity index (χ1n) is 6.63. The van der Waals surface area contributed by atoms with Crippen molar-refractivity contribution >= 4 is 18.3 Å². The van der Waals surface area contributed by atoms with Crippen molar-refractivity contribution in [2.75, 3.05) is 13.1 Å². The first-order valence-corrected chi connectivity index (χ1v) is 6.63. The maximum Gasteiger partial charge on any atom is 0.220 e. The molecule has 0 aliphatic carbocycles. The predicted molar refractivity (Wildman–Crippen MR) is 74.5 cm³/mol. The van der Waals surface area contributed by atoms with Crippen LogP contribution in [0.25, 0.3) is 0 Å². The molecule has 0 aromatic carbocycles. The summed E-state index contributed by atoms with van der Waals surface area (Å²) >= 11 is 0. The van der Waals surface area contributed by atoms with Crippen molar-refractivity contribution in [1.29, 1.82) is 0 Å². The highest BCUT2D eigenvalue weighted by Gasteiger charge is 2.22. The minimum absolute atomic E-state index is 0. The first kappa shape index (κ1) is 16.7. The van der Waals surface area contributed by atoms with E-state index in [1.54, 1.807) is 0 Å². The average Bonchev–Trinajstić information content (AvgIpc) is 2.29. The van der Waals surface area contributed by atoms with Gasteiger partial charge in [0.05, 0.1) is 0 Å². The summed E-state index contributed by atoms with van der Waals surface area (Å²) in [5, 5.41) is 6.45. The Kier molecular flexibility index (Phi) is 8.61. The maximum absolute atomic E-state index is 11.7. The van der Waals surface area contributed by atoms with Crippen molar-refractivity contribution < 1.29 is 4.79 Å². The number of amides is 1. The largest absolute Gasteiger partial charge is 0.354 e. The smallest absolute Gasteiger partial charge is 0.220 e. The Hall–Kier alpha value is -0.280. The topological polar surface area (TPSA) is 41.1 Å². The number of hydrogen-bond donors (Lipinski definition) is 2. The van der Waals surface area contributed by atoms with E-state index in [1.807, 2.05) is 0 Å². The molecule has 1 saturated heterocycles. The Balaban J connectivity index is 0.00000256. The van der Waals surface area contributed by atoms with Gasteiger partial charge in [0.2, 0.25) is 5.91 Å². The van der Waals surface area contributed by atoms with Gasteiger partial charge in [0.15, 0.2) is 0 Å². The highest BCUT2D eigenvalue weighted by Crippen LogP contribution is 2.22. The van der Waals surface area contributed by atoms with Gasteiger partial charge >= 0.3 is 0 Å². The quantitative estimate of drug-likeness (QED) is 0.799. The van der Waals surface area contributed by atoms with E-state index in [-0.39, 0.29) is 18.3 Å². The number of halogens is 1. The Morgan fingerprint density at radius 2 is 2.18 bits per heavy atom. The molecule has 0 saturated carbocycles. The summed E-state index contributed by atoms with van der Waals surface area (Å²) in [6, 6.07) is 0.309. The van der Waals surface area contributed by atoms with Crippen LogP contribution in [0, 0.1) is 11.8 Å². The average molecular weight is 263 g/mol. The number of carbonyl (C=O) groups is 1. The summed E-state index contributed by atoms with van der Waals surface area (Å²) in [5.74, 6) is 1.39. The van der Waals surface area contributed by atoms with Gasteiger partial charge in [-0.15, -0.1) is 12.4 Å². The van der Waals surface area contributed by atoms with Crippen LogP contribution >= 0.6 is 12.4 Å². The van der Waals surface area contributed by atoms with Crippen molar-refractivity contribution in [1.82, 2.24) is 10.6 Å². The van der Waals surface area contributed by atoms with Gasteiger partial charge in [-0.1, -0.05) is 13.8 Å². The minimum atomic E-state index is 0. The first-order chi connectivity index (χ1) is 7.63. The summed E-state index contributed by atoms with van der Waals surface area (Å²) in [5.41, 5.74) is 0. The van der Waals surface area contributed by atoms with Crippen LogP contribution in [-0.2, 0) is 4.79 Å². The molecule has 0 aromatic rings. The monoisotopic (exact) mass is 262 g/mol. The van der Waals surface area contributed by atoms with Crippen LogP contribution in [0.3, 0.4) is 0 Å². The highest BCUT2D eigenvalue weighted by atomic mass is 35.5. The van der Waals surface area contributed by atoms with Crippen molar-refractivity contribution in [3.63, 3.8) is 0 Å². The van der Waals surface area contributed by atoms with Crippen LogP contribution in [0.1, 0.15) is 46.5 Å². The summed E-state index contributed by atoms with van der Waals surface area (Å²) in [4.78, 5) is 11.7. The van der Waals surface area contributed by atoms with E-state index in [0.29, 0.717) is 24.3 Å². The molecule has 1 amide bonds. The Morgan fingerprint density at radius 1 is 1.47 bits per heavy atom. The van der Waals surface area contributed by atoms with Gasteiger partial charge < -0.3 is 10.6 Å². The van der Waals surface area contributed by atoms with Crippen molar-refractivity contribution in [3.05, 3.63) is 0 Å². The van der Waals surface area contributed by atoms with Crippen LogP contribution in [0.4, 0.5) is 0 Å². The molecule has 3 nitrogen and oxygen atoms in total. The molecule has 1 aliphatic rings. The molecule has 1 heterocycles. The lowest BCUT2D eigenvalue weighted by molar-refractivity contribution is -0.122. The number of rotatable bonds is 5. The highest BCUT2D eigenvalue weighted by molar-refractivity contribution is 5.85. The molecule has 1 rings (SSSR count). The van der Waals surface area contributed by atoms with Crippen LogP contribution < -0.4 is 10.6 Å². The number of piperidine rings is 1. The zero-order valence-corrected chi connectivity index (χ0v) is 12.1. The Bertz CT molecular complexity index is 217. The lowest BCUT2D eigenvalue weighted by Crippen LogP contribution is -2.37. The van der Waals surface area contributed by atoms with Gasteiger partial charge in [-0.05, 0) is 51.1 Å². The molecule has 102 valence electrons. The van der Waals surface area contributed by atoms with Crippen LogP contribution in [0.2, 0.25) is 0 Å². The molecule has 1 fully saturated rings. The van der Waals surface area contributed by atoms with E-state index in [0.717, 1.165) is 19.5 Å². The summed E-state index contributed by atoms with van der Waals surface area (Å²) in [7, 11) is 0. The molecular weight excluding hydrogens is 236 g/mol. The molecule has 4 heteroatoms. The van der Waals surface area contributed by atoms with Crippen LogP contribution in [0.15, 0.2) is 0 Å². The van der Waals surface area contributed by atoms with Crippen molar-refractivity contribution in [2.24, 2.45) is 11.8 Å². The van der Waals surface area contributed by atoms with E-state index in [2.05, 4.69) is 31.4 Å². The summed E-state index contributed by atoms with van der Waals surface area (Å²) in [6.07, 6.45) is 4.20. The van der Waals surface area contributed by atoms with E-state index in [9.17, 15) is 4.79 Å². The lowest BCUT2D eigenvalue weighted by atomic mass is 9.85. The second-order valence-corrected chi connectivity index (χ2v) is 5.16. The SMILES string of the molecule is CCC(C)NC(=O)CC(C)C1CCCNC1.Cl. The lowest BCUT2D eigenvalue weighted by Gasteiger charge is -2.28. The molecule has 0 bridgehead atoms. The van der Waals surface area contributed by atoms with Gasteiger partial charge in [0, 0.05) is 12.5 Å². The molecule has 1 aliphatic heterocycles. The van der Waals surface area contributed by atoms with Gasteiger partial charge in [-0.2, -0.15) is 0 Å². The Morgan fingerprint density at radius 3 is 2.71 bits per heavy atom. The summed E-state index contributed by atoms with van der Waals surface area (Å²) < 4.78 is 0. The van der Waals surface area contributed by atoms with E-state index >= 15 is 0 Å². The molecule has 0 aromatic heterocycles. The van der Waals surface area contributed by atoms with Gasteiger partial charge in [-0.3, -0.25) is 4.79 Å². The fourth-order valence-corrected chi connectivity index (χ4v) is 2.26. The minimum Gasteiger partial charge on any atom is -0.354 e. The standard InChI is InChI=1S/C13H26N2O.ClH/c1-4-11(3)15-13(16)8-10(2)12-6-5-7-14-9-12;/h10-12,14H,4-9H2,1-3H3,(H,15,16);1H. The zero-order chi connectivity index (χ0) is 12.0. The molecular formula is C13H27ClN2O. The third-order valence-electron chi connectivity index (χ3n) is 3.67. The molecule has 0 spiro atoms. The van der Waals surface area contributed by atoms with Gasteiger partial charge in [-0.25, -0.2) is 0 Å². The van der Waals surface area contributed by atoms with E-state index < -0.39 is 0 Å². The van der Waals surface area contributed by atoms with E-state index in [4.69, 9.17) is 0 Å². The van der Waals surface area contributed by atoms with Gasteiger partial charge in [0.1, 0.15) is 0 Å². The molecule has 3 unspecified atom stereocenters. The number of carbonyl (C=O) groups excluding carboxylic acids is 1. The molecule has 0 radical (unpaired) electrons. The third kappa shape index (κ3) is 6.27. The Labute approximate surface area is 112 Å².